The number of imidazole rings is 1. The summed E-state index contributed by atoms with van der Waals surface area (Å²) in [5.41, 5.74) is 3.09. The van der Waals surface area contributed by atoms with Crippen LogP contribution in [0, 0.1) is 11.7 Å². The van der Waals surface area contributed by atoms with E-state index in [1.807, 2.05) is 29.7 Å². The van der Waals surface area contributed by atoms with Crippen LogP contribution in [0.2, 0.25) is 0 Å². The quantitative estimate of drug-likeness (QED) is 0.828. The number of likely N-dealkylation sites (N-methyl/N-ethyl adjacent to an activating group) is 1. The van der Waals surface area contributed by atoms with E-state index in [2.05, 4.69) is 4.98 Å². The van der Waals surface area contributed by atoms with E-state index in [0.29, 0.717) is 4.77 Å². The molecule has 0 fully saturated rings. The van der Waals surface area contributed by atoms with Crippen molar-refractivity contribution in [3.05, 3.63) is 28.5 Å². The van der Waals surface area contributed by atoms with Crippen LogP contribution >= 0.6 is 12.2 Å². The molecule has 0 aliphatic rings. The molecule has 0 aliphatic heterocycles. The second-order valence-corrected chi connectivity index (χ2v) is 4.71. The zero-order chi connectivity index (χ0) is 12.6. The summed E-state index contributed by atoms with van der Waals surface area (Å²) in [6, 6.07) is 6.04. The Bertz CT molecular complexity index is 624. The Morgan fingerprint density at radius 3 is 2.82 bits per heavy atom. The van der Waals surface area contributed by atoms with Crippen LogP contribution in [0.15, 0.2) is 18.2 Å². The van der Waals surface area contributed by atoms with Gasteiger partial charge in [0.25, 0.3) is 0 Å². The molecule has 0 unspecified atom stereocenters. The molecule has 0 aliphatic carbocycles. The first-order valence-corrected chi connectivity index (χ1v) is 5.79. The second kappa shape index (κ2) is 4.33. The van der Waals surface area contributed by atoms with Crippen molar-refractivity contribution in [2.24, 2.45) is 0 Å². The highest BCUT2D eigenvalue weighted by molar-refractivity contribution is 7.71. The van der Waals surface area contributed by atoms with E-state index in [1.165, 1.54) is 0 Å². The normalized spacial score (nSPS) is 10.8. The first kappa shape index (κ1) is 11.9. The summed E-state index contributed by atoms with van der Waals surface area (Å²) in [5.74, 6) is 0.0310. The van der Waals surface area contributed by atoms with Gasteiger partial charge in [-0.15, -0.1) is 0 Å². The van der Waals surface area contributed by atoms with E-state index in [0.717, 1.165) is 16.6 Å². The Hall–Kier alpha value is -1.62. The van der Waals surface area contributed by atoms with Crippen LogP contribution in [0.5, 0.6) is 0 Å². The van der Waals surface area contributed by atoms with E-state index >= 15 is 0 Å². The van der Waals surface area contributed by atoms with Gasteiger partial charge < -0.3 is 14.5 Å². The Kier molecular flexibility index (Phi) is 3.02. The third kappa shape index (κ3) is 2.24. The fourth-order valence-corrected chi connectivity index (χ4v) is 1.97. The van der Waals surface area contributed by atoms with E-state index in [9.17, 15) is 4.79 Å². The largest absolute Gasteiger partial charge is 0.347 e. The molecule has 1 amide bonds. The van der Waals surface area contributed by atoms with Gasteiger partial charge in [0.15, 0.2) is 4.77 Å². The Morgan fingerprint density at radius 1 is 1.47 bits per heavy atom. The first-order valence-electron chi connectivity index (χ1n) is 5.38. The molecule has 1 aromatic carbocycles. The molecule has 90 valence electrons. The molecule has 1 N–H and O–H groups in total. The van der Waals surface area contributed by atoms with Gasteiger partial charge in [0, 0.05) is 14.1 Å². The molecule has 17 heavy (non-hydrogen) atoms. The Morgan fingerprint density at radius 2 is 2.18 bits per heavy atom. The van der Waals surface area contributed by atoms with Crippen LogP contribution in [0.25, 0.3) is 11.0 Å². The van der Waals surface area contributed by atoms with Gasteiger partial charge in [0.1, 0.15) is 6.54 Å². The lowest BCUT2D eigenvalue weighted by Crippen LogP contribution is -2.26. The smallest absolute Gasteiger partial charge is 0.242 e. The molecule has 4 nitrogen and oxygen atoms in total. The summed E-state index contributed by atoms with van der Waals surface area (Å²) >= 11 is 5.24. The fraction of sp³-hybridized carbons (Fsp3) is 0.333. The summed E-state index contributed by atoms with van der Waals surface area (Å²) in [7, 11) is 3.48. The summed E-state index contributed by atoms with van der Waals surface area (Å²) < 4.78 is 2.42. The molecule has 0 bridgehead atoms. The van der Waals surface area contributed by atoms with Crippen molar-refractivity contribution in [3.8, 4) is 0 Å². The van der Waals surface area contributed by atoms with Crippen molar-refractivity contribution in [1.29, 1.82) is 0 Å². The van der Waals surface area contributed by atoms with Gasteiger partial charge in [0.05, 0.1) is 11.0 Å². The minimum absolute atomic E-state index is 0.0310. The van der Waals surface area contributed by atoms with Crippen LogP contribution in [0.3, 0.4) is 0 Å². The van der Waals surface area contributed by atoms with Gasteiger partial charge in [-0.2, -0.15) is 0 Å². The van der Waals surface area contributed by atoms with Crippen molar-refractivity contribution >= 4 is 29.2 Å². The molecule has 2 rings (SSSR count). The molecule has 0 radical (unpaired) electrons. The standard InChI is InChI=1S/C12H15N3OS/c1-8-4-5-9-10(6-8)15(12(17)13-9)7-11(16)14(2)3/h4-6H,7H2,1-3H3,(H,13,17). The maximum atomic E-state index is 11.7. The molecule has 1 heterocycles. The maximum absolute atomic E-state index is 11.7. The highest BCUT2D eigenvalue weighted by Crippen LogP contribution is 2.15. The number of aromatic amines is 1. The molecule has 0 saturated carbocycles. The predicted molar refractivity (Wildman–Crippen MR) is 70.6 cm³/mol. The average Bonchev–Trinajstić information content (AvgIpc) is 2.55. The van der Waals surface area contributed by atoms with Gasteiger partial charge in [-0.05, 0) is 36.8 Å². The number of aromatic nitrogens is 2. The zero-order valence-electron chi connectivity index (χ0n) is 10.2. The lowest BCUT2D eigenvalue weighted by Gasteiger charge is -2.11. The predicted octanol–water partition coefficient (Wildman–Crippen LogP) is 2.10. The SMILES string of the molecule is Cc1ccc2[nH]c(=S)n(CC(=O)N(C)C)c2c1. The number of rotatable bonds is 2. The third-order valence-electron chi connectivity index (χ3n) is 2.72. The van der Waals surface area contributed by atoms with Crippen LogP contribution < -0.4 is 0 Å². The van der Waals surface area contributed by atoms with Crippen LogP contribution in [0.4, 0.5) is 0 Å². The molecule has 1 aromatic heterocycles. The topological polar surface area (TPSA) is 41.0 Å². The van der Waals surface area contributed by atoms with Gasteiger partial charge in [-0.3, -0.25) is 4.79 Å². The van der Waals surface area contributed by atoms with Gasteiger partial charge in [-0.1, -0.05) is 6.07 Å². The molecule has 0 spiro atoms. The number of H-pyrrole nitrogens is 1. The maximum Gasteiger partial charge on any atom is 0.242 e. The summed E-state index contributed by atoms with van der Waals surface area (Å²) in [4.78, 5) is 16.4. The van der Waals surface area contributed by atoms with E-state index in [4.69, 9.17) is 12.2 Å². The number of carbonyl (C=O) groups excluding carboxylic acids is 1. The zero-order valence-corrected chi connectivity index (χ0v) is 11.0. The van der Waals surface area contributed by atoms with Gasteiger partial charge in [0.2, 0.25) is 5.91 Å². The molecular weight excluding hydrogens is 234 g/mol. The van der Waals surface area contributed by atoms with E-state index in [1.54, 1.807) is 19.0 Å². The van der Waals surface area contributed by atoms with Crippen molar-refractivity contribution < 1.29 is 4.79 Å². The number of fused-ring (bicyclic) bond motifs is 1. The van der Waals surface area contributed by atoms with E-state index < -0.39 is 0 Å². The summed E-state index contributed by atoms with van der Waals surface area (Å²) in [5, 5.41) is 0. The van der Waals surface area contributed by atoms with Crippen LogP contribution in [-0.4, -0.2) is 34.5 Å². The average molecular weight is 249 g/mol. The van der Waals surface area contributed by atoms with Crippen molar-refractivity contribution in [3.63, 3.8) is 0 Å². The van der Waals surface area contributed by atoms with E-state index in [-0.39, 0.29) is 12.5 Å². The van der Waals surface area contributed by atoms with Gasteiger partial charge in [-0.25, -0.2) is 0 Å². The number of nitrogens with zero attached hydrogens (tertiary/aromatic N) is 2. The highest BCUT2D eigenvalue weighted by atomic mass is 32.1. The number of aryl methyl sites for hydroxylation is 1. The minimum atomic E-state index is 0.0310. The number of hydrogen-bond donors (Lipinski definition) is 1. The number of carbonyl (C=O) groups is 1. The second-order valence-electron chi connectivity index (χ2n) is 4.33. The summed E-state index contributed by atoms with van der Waals surface area (Å²) in [6.07, 6.45) is 0. The third-order valence-corrected chi connectivity index (χ3v) is 3.05. The molecule has 5 heteroatoms. The van der Waals surface area contributed by atoms with Crippen LogP contribution in [0.1, 0.15) is 5.56 Å². The molecule has 2 aromatic rings. The molecule has 0 saturated heterocycles. The number of benzene rings is 1. The van der Waals surface area contributed by atoms with Crippen molar-refractivity contribution in [2.75, 3.05) is 14.1 Å². The minimum Gasteiger partial charge on any atom is -0.347 e. The number of nitrogens with one attached hydrogen (secondary N) is 1. The first-order chi connectivity index (χ1) is 7.99. The molecule has 0 atom stereocenters. The van der Waals surface area contributed by atoms with Crippen molar-refractivity contribution in [1.82, 2.24) is 14.5 Å². The number of hydrogen-bond acceptors (Lipinski definition) is 2. The molecular formula is C12H15N3OS. The van der Waals surface area contributed by atoms with Crippen LogP contribution in [-0.2, 0) is 11.3 Å². The van der Waals surface area contributed by atoms with Gasteiger partial charge >= 0.3 is 0 Å². The summed E-state index contributed by atoms with van der Waals surface area (Å²) in [6.45, 7) is 2.29. The lowest BCUT2D eigenvalue weighted by atomic mass is 10.2. The van der Waals surface area contributed by atoms with Crippen molar-refractivity contribution in [2.45, 2.75) is 13.5 Å². The fourth-order valence-electron chi connectivity index (χ4n) is 1.70. The Balaban J connectivity index is 2.53. The monoisotopic (exact) mass is 249 g/mol. The highest BCUT2D eigenvalue weighted by Gasteiger charge is 2.10. The Labute approximate surface area is 105 Å². The number of amides is 1. The lowest BCUT2D eigenvalue weighted by molar-refractivity contribution is -0.129.